The predicted molar refractivity (Wildman–Crippen MR) is 64.2 cm³/mol. The first-order chi connectivity index (χ1) is 7.99. The number of sulfonamides is 1. The maximum Gasteiger partial charge on any atom is 0.407 e. The van der Waals surface area contributed by atoms with Gasteiger partial charge in [-0.3, -0.25) is 0 Å². The summed E-state index contributed by atoms with van der Waals surface area (Å²) in [7, 11) is -1.79. The Morgan fingerprint density at radius 1 is 1.41 bits per heavy atom. The van der Waals surface area contributed by atoms with E-state index in [1.165, 1.54) is 11.4 Å². The standard InChI is InChI=1S/C10H20N2O4S/c1-3-8-17(14,15)12-6-4-9(5-7-12)11-10(13)16-2/h9H,3-8H2,1-2H3,(H,11,13). The van der Waals surface area contributed by atoms with Crippen LogP contribution in [0.1, 0.15) is 26.2 Å². The van der Waals surface area contributed by atoms with E-state index in [0.717, 1.165) is 0 Å². The molecule has 1 rings (SSSR count). The molecule has 17 heavy (non-hydrogen) atoms. The highest BCUT2D eigenvalue weighted by Gasteiger charge is 2.27. The summed E-state index contributed by atoms with van der Waals surface area (Å²) in [6, 6.07) is 0.00975. The zero-order valence-corrected chi connectivity index (χ0v) is 11.1. The first kappa shape index (κ1) is 14.2. The summed E-state index contributed by atoms with van der Waals surface area (Å²) in [6.45, 7) is 2.79. The van der Waals surface area contributed by atoms with Gasteiger partial charge in [-0.25, -0.2) is 17.5 Å². The average molecular weight is 264 g/mol. The molecule has 0 aromatic carbocycles. The van der Waals surface area contributed by atoms with Crippen LogP contribution in [0.3, 0.4) is 0 Å². The second-order valence-electron chi connectivity index (χ2n) is 4.13. The molecule has 7 heteroatoms. The molecule has 1 amide bonds. The zero-order chi connectivity index (χ0) is 12.9. The number of hydrogen-bond acceptors (Lipinski definition) is 4. The molecular weight excluding hydrogens is 244 g/mol. The molecule has 0 spiro atoms. The van der Waals surface area contributed by atoms with Gasteiger partial charge in [-0.2, -0.15) is 0 Å². The van der Waals surface area contributed by atoms with Crippen LogP contribution in [-0.4, -0.2) is 50.8 Å². The number of piperidine rings is 1. The van der Waals surface area contributed by atoms with Crippen LogP contribution in [0, 0.1) is 0 Å². The topological polar surface area (TPSA) is 75.7 Å². The highest BCUT2D eigenvalue weighted by atomic mass is 32.2. The maximum absolute atomic E-state index is 11.8. The Balaban J connectivity index is 2.43. The molecule has 0 aliphatic carbocycles. The van der Waals surface area contributed by atoms with Crippen molar-refractivity contribution in [2.24, 2.45) is 0 Å². The van der Waals surface area contributed by atoms with Gasteiger partial charge in [0.05, 0.1) is 12.9 Å². The number of nitrogens with zero attached hydrogens (tertiary/aromatic N) is 1. The van der Waals surface area contributed by atoms with Gasteiger partial charge in [-0.1, -0.05) is 6.92 Å². The molecule has 0 aromatic rings. The molecule has 0 atom stereocenters. The number of hydrogen-bond donors (Lipinski definition) is 1. The second-order valence-corrected chi connectivity index (χ2v) is 6.21. The third kappa shape index (κ3) is 4.16. The number of methoxy groups -OCH3 is 1. The number of ether oxygens (including phenoxy) is 1. The number of carbonyl (C=O) groups excluding carboxylic acids is 1. The molecule has 1 saturated heterocycles. The lowest BCUT2D eigenvalue weighted by Gasteiger charge is -2.31. The summed E-state index contributed by atoms with van der Waals surface area (Å²) < 4.78 is 29.6. The summed E-state index contributed by atoms with van der Waals surface area (Å²) in [6.07, 6.45) is 1.44. The average Bonchev–Trinajstić information content (AvgIpc) is 2.29. The van der Waals surface area contributed by atoms with Gasteiger partial charge >= 0.3 is 6.09 Å². The summed E-state index contributed by atoms with van der Waals surface area (Å²) in [5.74, 6) is 0.197. The van der Waals surface area contributed by atoms with E-state index in [0.29, 0.717) is 32.4 Å². The predicted octanol–water partition coefficient (Wildman–Crippen LogP) is 0.547. The van der Waals surface area contributed by atoms with E-state index in [-0.39, 0.29) is 11.8 Å². The quantitative estimate of drug-likeness (QED) is 0.804. The molecule has 0 radical (unpaired) electrons. The van der Waals surface area contributed by atoms with Crippen LogP contribution in [0.25, 0.3) is 0 Å². The smallest absolute Gasteiger partial charge is 0.407 e. The molecule has 100 valence electrons. The molecule has 1 heterocycles. The molecule has 1 aliphatic heterocycles. The molecule has 6 nitrogen and oxygen atoms in total. The monoisotopic (exact) mass is 264 g/mol. The van der Waals surface area contributed by atoms with E-state index in [9.17, 15) is 13.2 Å². The van der Waals surface area contributed by atoms with Gasteiger partial charge in [0.25, 0.3) is 0 Å². The molecule has 1 aliphatic rings. The van der Waals surface area contributed by atoms with Gasteiger partial charge in [-0.15, -0.1) is 0 Å². The van der Waals surface area contributed by atoms with Crippen molar-refractivity contribution in [1.29, 1.82) is 0 Å². The van der Waals surface area contributed by atoms with Crippen LogP contribution in [-0.2, 0) is 14.8 Å². The largest absolute Gasteiger partial charge is 0.453 e. The third-order valence-electron chi connectivity index (χ3n) is 2.82. The Hall–Kier alpha value is -0.820. The van der Waals surface area contributed by atoms with Gasteiger partial charge in [0, 0.05) is 19.1 Å². The number of alkyl carbamates (subject to hydrolysis) is 1. The SMILES string of the molecule is CCCS(=O)(=O)N1CCC(NC(=O)OC)CC1. The van der Waals surface area contributed by atoms with Crippen molar-refractivity contribution in [3.8, 4) is 0 Å². The van der Waals surface area contributed by atoms with Crippen LogP contribution in [0.15, 0.2) is 0 Å². The minimum absolute atomic E-state index is 0.00975. The molecule has 0 aromatic heterocycles. The minimum atomic E-state index is -3.10. The van der Waals surface area contributed by atoms with Gasteiger partial charge in [-0.05, 0) is 19.3 Å². The van der Waals surface area contributed by atoms with Crippen LogP contribution >= 0.6 is 0 Å². The van der Waals surface area contributed by atoms with Crippen molar-refractivity contribution in [1.82, 2.24) is 9.62 Å². The van der Waals surface area contributed by atoms with Crippen LogP contribution in [0.4, 0.5) is 4.79 Å². The molecule has 1 fully saturated rings. The van der Waals surface area contributed by atoms with Crippen LogP contribution < -0.4 is 5.32 Å². The fraction of sp³-hybridized carbons (Fsp3) is 0.900. The van der Waals surface area contributed by atoms with Crippen LogP contribution in [0.5, 0.6) is 0 Å². The van der Waals surface area contributed by atoms with E-state index in [1.54, 1.807) is 0 Å². The van der Waals surface area contributed by atoms with Gasteiger partial charge in [0.2, 0.25) is 10.0 Å². The van der Waals surface area contributed by atoms with Crippen molar-refractivity contribution in [2.45, 2.75) is 32.2 Å². The zero-order valence-electron chi connectivity index (χ0n) is 10.3. The maximum atomic E-state index is 11.8. The Morgan fingerprint density at radius 3 is 2.47 bits per heavy atom. The lowest BCUT2D eigenvalue weighted by Crippen LogP contribution is -2.47. The van der Waals surface area contributed by atoms with Crippen molar-refractivity contribution in [3.05, 3.63) is 0 Å². The fourth-order valence-electron chi connectivity index (χ4n) is 1.89. The van der Waals surface area contributed by atoms with E-state index >= 15 is 0 Å². The summed E-state index contributed by atoms with van der Waals surface area (Å²) in [4.78, 5) is 11.0. The first-order valence-corrected chi connectivity index (χ1v) is 7.42. The minimum Gasteiger partial charge on any atom is -0.453 e. The summed E-state index contributed by atoms with van der Waals surface area (Å²) >= 11 is 0. The van der Waals surface area contributed by atoms with Crippen molar-refractivity contribution in [2.75, 3.05) is 26.0 Å². The highest BCUT2D eigenvalue weighted by molar-refractivity contribution is 7.89. The van der Waals surface area contributed by atoms with Gasteiger partial charge < -0.3 is 10.1 Å². The molecule has 1 N–H and O–H groups in total. The summed E-state index contributed by atoms with van der Waals surface area (Å²) in [5.41, 5.74) is 0. The third-order valence-corrected chi connectivity index (χ3v) is 4.89. The normalized spacial score (nSPS) is 18.9. The number of rotatable bonds is 4. The highest BCUT2D eigenvalue weighted by Crippen LogP contribution is 2.15. The lowest BCUT2D eigenvalue weighted by atomic mass is 10.1. The van der Waals surface area contributed by atoms with Gasteiger partial charge in [0.1, 0.15) is 0 Å². The van der Waals surface area contributed by atoms with E-state index in [2.05, 4.69) is 10.1 Å². The molecule has 0 unspecified atom stereocenters. The number of carbonyl (C=O) groups is 1. The molecule has 0 saturated carbocycles. The number of amides is 1. The number of nitrogens with one attached hydrogen (secondary N) is 1. The fourth-order valence-corrected chi connectivity index (χ4v) is 3.43. The second kappa shape index (κ2) is 6.20. The molecular formula is C10H20N2O4S. The van der Waals surface area contributed by atoms with Crippen LogP contribution in [0.2, 0.25) is 0 Å². The Bertz CT molecular complexity index is 347. The van der Waals surface area contributed by atoms with E-state index < -0.39 is 16.1 Å². The van der Waals surface area contributed by atoms with Crippen molar-refractivity contribution >= 4 is 16.1 Å². The first-order valence-electron chi connectivity index (χ1n) is 5.82. The Kier molecular flexibility index (Phi) is 5.20. The molecule has 0 bridgehead atoms. The van der Waals surface area contributed by atoms with E-state index in [1.807, 2.05) is 6.92 Å². The van der Waals surface area contributed by atoms with Crippen molar-refractivity contribution in [3.63, 3.8) is 0 Å². The van der Waals surface area contributed by atoms with Crippen molar-refractivity contribution < 1.29 is 17.9 Å². The summed E-state index contributed by atoms with van der Waals surface area (Å²) in [5, 5.41) is 2.69. The lowest BCUT2D eigenvalue weighted by molar-refractivity contribution is 0.161. The van der Waals surface area contributed by atoms with Gasteiger partial charge in [0.15, 0.2) is 0 Å². The Labute approximate surface area is 102 Å². The van der Waals surface area contributed by atoms with E-state index in [4.69, 9.17) is 0 Å². The Morgan fingerprint density at radius 2 is 2.00 bits per heavy atom.